The van der Waals surface area contributed by atoms with Gasteiger partial charge in [-0.15, -0.1) is 0 Å². The van der Waals surface area contributed by atoms with Crippen LogP contribution in [0.1, 0.15) is 20.8 Å². The minimum atomic E-state index is -1.54. The van der Waals surface area contributed by atoms with Crippen LogP contribution in [0, 0.1) is 0 Å². The van der Waals surface area contributed by atoms with Crippen LogP contribution < -0.4 is 131 Å². The summed E-state index contributed by atoms with van der Waals surface area (Å²) in [5.41, 5.74) is -0.761. The predicted molar refractivity (Wildman–Crippen MR) is 36.0 cm³/mol. The second kappa shape index (κ2) is 8.68. The van der Waals surface area contributed by atoms with Crippen molar-refractivity contribution in [3.63, 3.8) is 0 Å². The first kappa shape index (κ1) is 19.0. The molecule has 0 saturated carbocycles. The van der Waals surface area contributed by atoms with Crippen LogP contribution in [0.2, 0.25) is 0 Å². The molecule has 1 rings (SSSR count). The number of hydrogen-bond acceptors (Lipinski definition) is 5. The second-order valence-corrected chi connectivity index (χ2v) is 2.19. The summed E-state index contributed by atoms with van der Waals surface area (Å²) in [5, 5.41) is 20.8. The fourth-order valence-corrected chi connectivity index (χ4v) is 0.925. The molecule has 0 amide bonds. The first-order valence-corrected chi connectivity index (χ1v) is 3.26. The summed E-state index contributed by atoms with van der Waals surface area (Å²) in [6.45, 7) is 0. The van der Waals surface area contributed by atoms with Crippen molar-refractivity contribution in [1.82, 2.24) is 4.98 Å². The van der Waals surface area contributed by atoms with Crippen LogP contribution in [-0.2, 0) is 0 Å². The molecule has 0 aromatic carbocycles. The van der Waals surface area contributed by atoms with E-state index in [-0.39, 0.29) is 128 Å². The predicted octanol–water partition coefficient (Wildman–Crippen LogP) is -8.24. The smallest absolute Gasteiger partial charge is 0.545 e. The Morgan fingerprint density at radius 3 is 2.13 bits per heavy atom. The van der Waals surface area contributed by atoms with E-state index in [1.54, 1.807) is 0 Å². The molecule has 0 aliphatic heterocycles. The van der Waals surface area contributed by atoms with Gasteiger partial charge >= 0.3 is 116 Å². The van der Waals surface area contributed by atoms with Crippen LogP contribution in [0.3, 0.4) is 0 Å². The number of H-pyrrole nitrogens is 1. The molecule has 0 atom stereocenters. The molecule has 0 aliphatic carbocycles. The number of ether oxygens (including phenoxy) is 1. The van der Waals surface area contributed by atoms with Crippen LogP contribution in [0.5, 0.6) is 5.75 Å². The largest absolute Gasteiger partial charge is 1.00 e. The number of aromatic carboxylic acids is 2. The Kier molecular flexibility index (Phi) is 11.0. The second-order valence-electron chi connectivity index (χ2n) is 2.19. The minimum absolute atomic E-state index is 0. The maximum absolute atomic E-state index is 10.4. The van der Waals surface area contributed by atoms with Gasteiger partial charge in [0.15, 0.2) is 5.75 Å². The van der Waals surface area contributed by atoms with Gasteiger partial charge in [-0.05, 0) is 0 Å². The van der Waals surface area contributed by atoms with E-state index in [1.807, 2.05) is 0 Å². The van der Waals surface area contributed by atoms with E-state index in [9.17, 15) is 19.8 Å². The zero-order chi connectivity index (χ0) is 10.0. The average Bonchev–Trinajstić information content (AvgIpc) is 2.46. The number of methoxy groups -OCH3 is 1. The molecule has 0 aliphatic rings. The summed E-state index contributed by atoms with van der Waals surface area (Å²) >= 11 is 0. The number of nitrogens with one attached hydrogen (secondary N) is 1. The molecule has 0 spiro atoms. The molecule has 1 heterocycles. The van der Waals surface area contributed by atoms with E-state index >= 15 is 0 Å². The molecule has 1 aromatic heterocycles. The van der Waals surface area contributed by atoms with Crippen LogP contribution in [0.25, 0.3) is 0 Å². The molecule has 0 bridgehead atoms. The molecule has 1 N–H and O–H groups in total. The van der Waals surface area contributed by atoms with Gasteiger partial charge in [0.1, 0.15) is 5.69 Å². The number of carbonyl (C=O) groups excluding carboxylic acids is 2. The van der Waals surface area contributed by atoms with Crippen molar-refractivity contribution in [1.29, 1.82) is 0 Å². The van der Waals surface area contributed by atoms with Crippen LogP contribution in [-0.4, -0.2) is 24.0 Å². The van der Waals surface area contributed by atoms with E-state index in [0.717, 1.165) is 13.3 Å². The molecule has 1 aromatic rings. The topological polar surface area (TPSA) is 105 Å². The third-order valence-electron chi connectivity index (χ3n) is 1.46. The summed E-state index contributed by atoms with van der Waals surface area (Å²) in [5.74, 6) is -3.34. The molecule has 70 valence electrons. The monoisotopic (exact) mass is 353 g/mol. The molecule has 0 fully saturated rings. The maximum Gasteiger partial charge on any atom is 1.00 e. The van der Waals surface area contributed by atoms with Crippen molar-refractivity contribution in [3.8, 4) is 5.75 Å². The van der Waals surface area contributed by atoms with Crippen molar-refractivity contribution in [3.05, 3.63) is 17.5 Å². The van der Waals surface area contributed by atoms with Gasteiger partial charge in [0.25, 0.3) is 0 Å². The van der Waals surface area contributed by atoms with Gasteiger partial charge in [0.2, 0.25) is 0 Å². The molecule has 8 heteroatoms. The first-order chi connectivity index (χ1) is 6.07. The zero-order valence-corrected chi connectivity index (χ0v) is 18.5. The fourth-order valence-electron chi connectivity index (χ4n) is 0.925. The summed E-state index contributed by atoms with van der Waals surface area (Å²) in [4.78, 5) is 23.0. The van der Waals surface area contributed by atoms with E-state index in [0.29, 0.717) is 0 Å². The summed E-state index contributed by atoms with van der Waals surface area (Å²) in [6, 6.07) is 0. The Bertz CT molecular complexity index is 331. The minimum Gasteiger partial charge on any atom is -0.545 e. The first-order valence-electron chi connectivity index (χ1n) is 3.26. The van der Waals surface area contributed by atoms with Crippen LogP contribution in [0.15, 0.2) is 6.20 Å². The zero-order valence-electron chi connectivity index (χ0n) is 8.62. The summed E-state index contributed by atoms with van der Waals surface area (Å²) < 4.78 is 4.57. The molecule has 15 heavy (non-hydrogen) atoms. The number of aromatic amines is 1. The molecule has 0 unspecified atom stereocenters. The number of carbonyl (C=O) groups is 2. The van der Waals surface area contributed by atoms with Crippen LogP contribution >= 0.6 is 0 Å². The van der Waals surface area contributed by atoms with Gasteiger partial charge in [0, 0.05) is 6.20 Å². The van der Waals surface area contributed by atoms with Gasteiger partial charge in [-0.1, -0.05) is 0 Å². The Morgan fingerprint density at radius 2 is 1.80 bits per heavy atom. The summed E-state index contributed by atoms with van der Waals surface area (Å²) in [7, 11) is 1.15. The summed E-state index contributed by atoms with van der Waals surface area (Å²) in [6.07, 6.45) is 0.972. The molecule has 0 radical (unpaired) electrons. The maximum atomic E-state index is 10.4. The number of rotatable bonds is 3. The Hall–Kier alpha value is 1.63. The molecule has 0 saturated heterocycles. The van der Waals surface area contributed by atoms with Crippen molar-refractivity contribution in [2.45, 2.75) is 0 Å². The van der Waals surface area contributed by atoms with Crippen molar-refractivity contribution >= 4 is 11.9 Å². The van der Waals surface area contributed by atoms with Crippen molar-refractivity contribution in [2.75, 3.05) is 7.11 Å². The van der Waals surface area contributed by atoms with E-state index < -0.39 is 17.6 Å². The number of carboxylic acid groups (broad SMARTS) is 2. The van der Waals surface area contributed by atoms with Crippen LogP contribution in [0.4, 0.5) is 0 Å². The molecular formula is C7H5NO5Rb2. The fraction of sp³-hybridized carbons (Fsp3) is 0.143. The van der Waals surface area contributed by atoms with E-state index in [1.165, 1.54) is 0 Å². The molecular weight excluding hydrogens is 349 g/mol. The third-order valence-corrected chi connectivity index (χ3v) is 1.46. The normalized spacial score (nSPS) is 8.33. The Morgan fingerprint density at radius 1 is 1.27 bits per heavy atom. The van der Waals surface area contributed by atoms with Gasteiger partial charge in [0.05, 0.1) is 24.6 Å². The average molecular weight is 354 g/mol. The number of aromatic nitrogens is 1. The molecule has 6 nitrogen and oxygen atoms in total. The Balaban J connectivity index is 0. The van der Waals surface area contributed by atoms with Crippen molar-refractivity contribution in [2.24, 2.45) is 0 Å². The van der Waals surface area contributed by atoms with Gasteiger partial charge in [-0.25, -0.2) is 0 Å². The van der Waals surface area contributed by atoms with Gasteiger partial charge in [-0.3, -0.25) is 0 Å². The standard InChI is InChI=1S/C7H7NO5.2Rb/c1-13-5-3(6(9)10)2-8-4(5)7(11)12;;/h2,8H,1H3,(H,9,10)(H,11,12);;/q;2*+1/p-2. The third kappa shape index (κ3) is 4.79. The number of carboxylic acids is 2. The SMILES string of the molecule is COc1c(C(=O)[O-])c[nH]c1C(=O)[O-].[Rb+].[Rb+]. The van der Waals surface area contributed by atoms with Gasteiger partial charge in [-0.2, -0.15) is 0 Å². The number of hydrogen-bond donors (Lipinski definition) is 1. The van der Waals surface area contributed by atoms with E-state index in [2.05, 4.69) is 9.72 Å². The van der Waals surface area contributed by atoms with Gasteiger partial charge < -0.3 is 29.5 Å². The quantitative estimate of drug-likeness (QED) is 0.581. The van der Waals surface area contributed by atoms with E-state index in [4.69, 9.17) is 0 Å². The Labute approximate surface area is 183 Å². The van der Waals surface area contributed by atoms with Crippen molar-refractivity contribution < 1.29 is 141 Å².